The highest BCUT2D eigenvalue weighted by atomic mass is 35.5. The molecule has 92 valence electrons. The van der Waals surface area contributed by atoms with E-state index in [2.05, 4.69) is 11.6 Å². The molecule has 3 rings (SSSR count). The van der Waals surface area contributed by atoms with Gasteiger partial charge in [-0.15, -0.1) is 0 Å². The molecule has 0 spiro atoms. The summed E-state index contributed by atoms with van der Waals surface area (Å²) in [4.78, 5) is 16.2. The lowest BCUT2D eigenvalue weighted by atomic mass is 9.99. The quantitative estimate of drug-likeness (QED) is 0.780. The van der Waals surface area contributed by atoms with E-state index in [1.807, 2.05) is 30.3 Å². The molecule has 0 unspecified atom stereocenters. The molecule has 0 aliphatic carbocycles. The average Bonchev–Trinajstić information content (AvgIpc) is 2.44. The van der Waals surface area contributed by atoms with Crippen molar-refractivity contribution in [3.05, 3.63) is 69.2 Å². The van der Waals surface area contributed by atoms with Crippen LogP contribution in [0.2, 0.25) is 5.02 Å². The van der Waals surface area contributed by atoms with Gasteiger partial charge in [0.25, 0.3) is 5.91 Å². The second-order valence-corrected chi connectivity index (χ2v) is 4.72. The molecule has 3 heteroatoms. The van der Waals surface area contributed by atoms with Crippen LogP contribution in [0.1, 0.15) is 11.1 Å². The first-order chi connectivity index (χ1) is 9.16. The fraction of sp³-hybridized carbons (Fsp3) is 0. The van der Waals surface area contributed by atoms with Gasteiger partial charge in [-0.25, -0.2) is 4.99 Å². The van der Waals surface area contributed by atoms with Crippen LogP contribution >= 0.6 is 11.6 Å². The third-order valence-electron chi connectivity index (χ3n) is 3.06. The van der Waals surface area contributed by atoms with Gasteiger partial charge in [0.1, 0.15) is 0 Å². The standard InChI is InChI=1S/C16H10ClNO/c1-10-7-8-14(17)13-9-12(16(19)18-15(10)13)11-5-3-2-4-6-11/h2-9H,1H2. The molecule has 1 aliphatic rings. The lowest BCUT2D eigenvalue weighted by Gasteiger charge is -2.10. The Morgan fingerprint density at radius 1 is 1.05 bits per heavy atom. The monoisotopic (exact) mass is 267 g/mol. The number of benzene rings is 2. The van der Waals surface area contributed by atoms with Crippen molar-refractivity contribution in [2.45, 2.75) is 0 Å². The van der Waals surface area contributed by atoms with E-state index in [9.17, 15) is 4.79 Å². The number of carbonyl (C=O) groups excluding carboxylic acids is 1. The van der Waals surface area contributed by atoms with E-state index in [1.54, 1.807) is 18.2 Å². The van der Waals surface area contributed by atoms with Gasteiger partial charge in [0.05, 0.1) is 10.4 Å². The van der Waals surface area contributed by atoms with Crippen LogP contribution in [-0.2, 0) is 4.79 Å². The highest BCUT2D eigenvalue weighted by Crippen LogP contribution is 2.23. The minimum Gasteiger partial charge on any atom is -0.267 e. The van der Waals surface area contributed by atoms with E-state index in [0.717, 1.165) is 11.1 Å². The van der Waals surface area contributed by atoms with E-state index >= 15 is 0 Å². The summed E-state index contributed by atoms with van der Waals surface area (Å²) in [5.74, 6) is -0.258. The van der Waals surface area contributed by atoms with E-state index < -0.39 is 0 Å². The Balaban J connectivity index is 2.29. The SMILES string of the molecule is C=c1ccc(Cl)c2c1=NC(=O)C(c1ccccc1)=C2. The molecule has 19 heavy (non-hydrogen) atoms. The molecule has 2 aromatic rings. The van der Waals surface area contributed by atoms with Crippen LogP contribution in [-0.4, -0.2) is 5.91 Å². The Hall–Kier alpha value is -2.19. The van der Waals surface area contributed by atoms with Crippen LogP contribution in [0.15, 0.2) is 47.5 Å². The van der Waals surface area contributed by atoms with Gasteiger partial charge in [0, 0.05) is 11.1 Å². The molecule has 0 bridgehead atoms. The smallest absolute Gasteiger partial charge is 0.267 e. The molecule has 0 atom stereocenters. The number of carbonyl (C=O) groups is 1. The zero-order valence-corrected chi connectivity index (χ0v) is 10.8. The van der Waals surface area contributed by atoms with Crippen molar-refractivity contribution < 1.29 is 4.79 Å². The molecule has 1 aliphatic heterocycles. The maximum atomic E-state index is 12.1. The molecule has 2 nitrogen and oxygen atoms in total. The summed E-state index contributed by atoms with van der Waals surface area (Å²) in [5.41, 5.74) is 2.15. The van der Waals surface area contributed by atoms with Crippen LogP contribution < -0.4 is 10.6 Å². The summed E-state index contributed by atoms with van der Waals surface area (Å²) < 4.78 is 0. The van der Waals surface area contributed by atoms with Gasteiger partial charge in [-0.3, -0.25) is 4.79 Å². The minimum absolute atomic E-state index is 0.258. The van der Waals surface area contributed by atoms with Gasteiger partial charge in [-0.2, -0.15) is 0 Å². The molecular weight excluding hydrogens is 258 g/mol. The number of fused-ring (bicyclic) bond motifs is 1. The third kappa shape index (κ3) is 2.00. The first kappa shape index (κ1) is 11.9. The highest BCUT2D eigenvalue weighted by molar-refractivity contribution is 6.33. The maximum absolute atomic E-state index is 12.1. The second-order valence-electron chi connectivity index (χ2n) is 4.31. The third-order valence-corrected chi connectivity index (χ3v) is 3.39. The van der Waals surface area contributed by atoms with Crippen molar-refractivity contribution in [1.29, 1.82) is 0 Å². The number of halogens is 1. The minimum atomic E-state index is -0.258. The van der Waals surface area contributed by atoms with E-state index in [-0.39, 0.29) is 5.91 Å². The van der Waals surface area contributed by atoms with Crippen LogP contribution in [0.5, 0.6) is 0 Å². The molecule has 0 aromatic heterocycles. The first-order valence-electron chi connectivity index (χ1n) is 5.84. The van der Waals surface area contributed by atoms with Crippen molar-refractivity contribution in [1.82, 2.24) is 0 Å². The molecule has 1 amide bonds. The maximum Gasteiger partial charge on any atom is 0.278 e. The number of rotatable bonds is 1. The Morgan fingerprint density at radius 2 is 1.79 bits per heavy atom. The van der Waals surface area contributed by atoms with Gasteiger partial charge in [0.15, 0.2) is 0 Å². The molecule has 2 aromatic carbocycles. The molecule has 0 saturated carbocycles. The largest absolute Gasteiger partial charge is 0.278 e. The highest BCUT2D eigenvalue weighted by Gasteiger charge is 2.17. The number of hydrogen-bond acceptors (Lipinski definition) is 1. The lowest BCUT2D eigenvalue weighted by molar-refractivity contribution is -0.112. The first-order valence-corrected chi connectivity index (χ1v) is 6.22. The molecule has 0 fully saturated rings. The molecule has 0 N–H and O–H groups in total. The van der Waals surface area contributed by atoms with Gasteiger partial charge in [0.2, 0.25) is 0 Å². The van der Waals surface area contributed by atoms with Crippen molar-refractivity contribution >= 4 is 35.7 Å². The van der Waals surface area contributed by atoms with Crippen molar-refractivity contribution in [3.8, 4) is 0 Å². The van der Waals surface area contributed by atoms with Gasteiger partial charge in [-0.05, 0) is 22.9 Å². The Bertz CT molecular complexity index is 807. The van der Waals surface area contributed by atoms with Crippen LogP contribution in [0.25, 0.3) is 18.2 Å². The fourth-order valence-electron chi connectivity index (χ4n) is 2.09. The average molecular weight is 268 g/mol. The summed E-state index contributed by atoms with van der Waals surface area (Å²) in [6.07, 6.45) is 1.79. The predicted octanol–water partition coefficient (Wildman–Crippen LogP) is 2.45. The molecule has 1 heterocycles. The zero-order valence-electron chi connectivity index (χ0n) is 10.1. The Morgan fingerprint density at radius 3 is 2.53 bits per heavy atom. The summed E-state index contributed by atoms with van der Waals surface area (Å²) in [6, 6.07) is 13.0. The lowest BCUT2D eigenvalue weighted by Crippen LogP contribution is -2.30. The fourth-order valence-corrected chi connectivity index (χ4v) is 2.30. The predicted molar refractivity (Wildman–Crippen MR) is 77.1 cm³/mol. The number of hydrogen-bond donors (Lipinski definition) is 0. The van der Waals surface area contributed by atoms with Gasteiger partial charge < -0.3 is 0 Å². The molecule has 0 radical (unpaired) electrons. The number of amides is 1. The summed E-state index contributed by atoms with van der Waals surface area (Å²) in [7, 11) is 0. The zero-order chi connectivity index (χ0) is 13.4. The van der Waals surface area contributed by atoms with Crippen LogP contribution in [0.4, 0.5) is 0 Å². The van der Waals surface area contributed by atoms with Gasteiger partial charge >= 0.3 is 0 Å². The molecular formula is C16H10ClNO. The number of nitrogens with zero attached hydrogens (tertiary/aromatic N) is 1. The Labute approximate surface area is 115 Å². The summed E-state index contributed by atoms with van der Waals surface area (Å²) >= 11 is 6.17. The van der Waals surface area contributed by atoms with Crippen LogP contribution in [0.3, 0.4) is 0 Å². The molecule has 0 saturated heterocycles. The van der Waals surface area contributed by atoms with E-state index in [1.165, 1.54) is 0 Å². The topological polar surface area (TPSA) is 29.4 Å². The van der Waals surface area contributed by atoms with Crippen LogP contribution in [0, 0.1) is 0 Å². The van der Waals surface area contributed by atoms with Crippen molar-refractivity contribution in [3.63, 3.8) is 0 Å². The van der Waals surface area contributed by atoms with Gasteiger partial charge in [-0.1, -0.05) is 54.6 Å². The Kier molecular flexibility index (Phi) is 2.80. The van der Waals surface area contributed by atoms with Crippen molar-refractivity contribution in [2.24, 2.45) is 4.99 Å². The summed E-state index contributed by atoms with van der Waals surface area (Å²) in [5, 5.41) is 1.85. The van der Waals surface area contributed by atoms with E-state index in [4.69, 9.17) is 11.6 Å². The normalized spacial score (nSPS) is 13.5. The van der Waals surface area contributed by atoms with Crippen molar-refractivity contribution in [2.75, 3.05) is 0 Å². The second kappa shape index (κ2) is 4.48. The summed E-state index contributed by atoms with van der Waals surface area (Å²) in [6.45, 7) is 3.87. The van der Waals surface area contributed by atoms with E-state index in [0.29, 0.717) is 21.2 Å².